The molecule has 1 aromatic heterocycles. The number of ether oxygens (including phenoxy) is 1. The number of anilines is 1. The number of rotatable bonds is 5. The summed E-state index contributed by atoms with van der Waals surface area (Å²) in [5.41, 5.74) is 2.97. The number of oxime groups is 1. The molecule has 0 bridgehead atoms. The number of carbonyl (C=O) groups excluding carboxylic acids is 1. The lowest BCUT2D eigenvalue weighted by molar-refractivity contribution is -0.125. The van der Waals surface area contributed by atoms with E-state index < -0.39 is 6.10 Å². The molecule has 1 aliphatic rings. The van der Waals surface area contributed by atoms with E-state index in [0.717, 1.165) is 23.5 Å². The standard InChI is InChI=1S/C17H19ClN4O3/c1-4-22-9-12(10(2)20-22)13-8-16(25-21-13)17(23)19-14-7-11(18)5-6-15(14)24-3/h5-7,9,16H,4,8H2,1-3H3,(H,19,23)/t16-/m0/s1. The van der Waals surface area contributed by atoms with Crippen LogP contribution in [0.25, 0.3) is 0 Å². The van der Waals surface area contributed by atoms with Gasteiger partial charge in [-0.25, -0.2) is 0 Å². The van der Waals surface area contributed by atoms with Gasteiger partial charge in [-0.2, -0.15) is 5.10 Å². The molecular weight excluding hydrogens is 344 g/mol. The first kappa shape index (κ1) is 17.3. The highest BCUT2D eigenvalue weighted by molar-refractivity contribution is 6.31. The third kappa shape index (κ3) is 3.61. The number of nitrogens with one attached hydrogen (secondary N) is 1. The smallest absolute Gasteiger partial charge is 0.268 e. The Balaban J connectivity index is 1.70. The molecule has 1 aliphatic heterocycles. The van der Waals surface area contributed by atoms with Crippen molar-refractivity contribution >= 4 is 28.9 Å². The number of nitrogens with zero attached hydrogens (tertiary/aromatic N) is 3. The van der Waals surface area contributed by atoms with Crippen molar-refractivity contribution in [3.63, 3.8) is 0 Å². The molecule has 132 valence electrons. The maximum absolute atomic E-state index is 12.5. The van der Waals surface area contributed by atoms with Gasteiger partial charge in [-0.15, -0.1) is 0 Å². The van der Waals surface area contributed by atoms with Crippen molar-refractivity contribution in [1.29, 1.82) is 0 Å². The van der Waals surface area contributed by atoms with E-state index >= 15 is 0 Å². The average Bonchev–Trinajstić information content (AvgIpc) is 3.21. The fourth-order valence-corrected chi connectivity index (χ4v) is 2.80. The van der Waals surface area contributed by atoms with Crippen molar-refractivity contribution < 1.29 is 14.4 Å². The van der Waals surface area contributed by atoms with Gasteiger partial charge in [0.05, 0.1) is 24.2 Å². The summed E-state index contributed by atoms with van der Waals surface area (Å²) in [7, 11) is 1.53. The molecule has 2 aromatic rings. The maximum atomic E-state index is 12.5. The van der Waals surface area contributed by atoms with Crippen LogP contribution < -0.4 is 10.1 Å². The number of carbonyl (C=O) groups is 1. The minimum absolute atomic E-state index is 0.306. The second kappa shape index (κ2) is 7.14. The van der Waals surface area contributed by atoms with Gasteiger partial charge in [-0.3, -0.25) is 9.48 Å². The van der Waals surface area contributed by atoms with Crippen LogP contribution in [0.3, 0.4) is 0 Å². The monoisotopic (exact) mass is 362 g/mol. The van der Waals surface area contributed by atoms with E-state index in [1.807, 2.05) is 24.7 Å². The number of benzene rings is 1. The Bertz CT molecular complexity index is 831. The minimum atomic E-state index is -0.705. The summed E-state index contributed by atoms with van der Waals surface area (Å²) in [6.07, 6.45) is 1.59. The van der Waals surface area contributed by atoms with Crippen LogP contribution in [0.15, 0.2) is 29.6 Å². The zero-order valence-corrected chi connectivity index (χ0v) is 15.0. The minimum Gasteiger partial charge on any atom is -0.495 e. The third-order valence-electron chi connectivity index (χ3n) is 3.96. The Morgan fingerprint density at radius 1 is 1.52 bits per heavy atom. The first-order valence-electron chi connectivity index (χ1n) is 7.93. The van der Waals surface area contributed by atoms with Gasteiger partial charge < -0.3 is 14.9 Å². The first-order valence-corrected chi connectivity index (χ1v) is 8.31. The Labute approximate surface area is 150 Å². The molecule has 25 heavy (non-hydrogen) atoms. The van der Waals surface area contributed by atoms with Crippen molar-refractivity contribution in [2.45, 2.75) is 32.9 Å². The average molecular weight is 363 g/mol. The first-order chi connectivity index (χ1) is 12.0. The third-order valence-corrected chi connectivity index (χ3v) is 4.20. The normalized spacial score (nSPS) is 16.3. The number of aryl methyl sites for hydroxylation is 2. The van der Waals surface area contributed by atoms with Gasteiger partial charge in [0.2, 0.25) is 6.10 Å². The van der Waals surface area contributed by atoms with E-state index in [2.05, 4.69) is 15.6 Å². The molecule has 1 amide bonds. The van der Waals surface area contributed by atoms with Gasteiger partial charge in [0, 0.05) is 29.7 Å². The van der Waals surface area contributed by atoms with E-state index in [1.165, 1.54) is 7.11 Å². The summed E-state index contributed by atoms with van der Waals surface area (Å²) in [5.74, 6) is 0.219. The highest BCUT2D eigenvalue weighted by Crippen LogP contribution is 2.28. The van der Waals surface area contributed by atoms with Gasteiger partial charge in [0.1, 0.15) is 5.75 Å². The van der Waals surface area contributed by atoms with Crippen molar-refractivity contribution in [3.8, 4) is 5.75 Å². The molecule has 0 radical (unpaired) electrons. The predicted octanol–water partition coefficient (Wildman–Crippen LogP) is 3.01. The van der Waals surface area contributed by atoms with Crippen molar-refractivity contribution in [1.82, 2.24) is 9.78 Å². The summed E-state index contributed by atoms with van der Waals surface area (Å²) >= 11 is 5.98. The van der Waals surface area contributed by atoms with Gasteiger partial charge in [0.15, 0.2) is 0 Å². The lowest BCUT2D eigenvalue weighted by Gasteiger charge is -2.12. The molecule has 0 fully saturated rings. The molecule has 1 atom stereocenters. The van der Waals surface area contributed by atoms with E-state index in [-0.39, 0.29) is 5.91 Å². The quantitative estimate of drug-likeness (QED) is 0.886. The van der Waals surface area contributed by atoms with Crippen LogP contribution in [0.1, 0.15) is 24.6 Å². The maximum Gasteiger partial charge on any atom is 0.268 e. The molecule has 3 rings (SSSR count). The number of aromatic nitrogens is 2. The van der Waals surface area contributed by atoms with E-state index in [4.69, 9.17) is 21.2 Å². The van der Waals surface area contributed by atoms with Crippen molar-refractivity contribution in [2.75, 3.05) is 12.4 Å². The number of methoxy groups -OCH3 is 1. The van der Waals surface area contributed by atoms with Crippen LogP contribution >= 0.6 is 11.6 Å². The molecule has 0 saturated carbocycles. The summed E-state index contributed by atoms with van der Waals surface area (Å²) in [6.45, 7) is 4.69. The van der Waals surface area contributed by atoms with Gasteiger partial charge in [0.25, 0.3) is 5.91 Å². The second-order valence-corrected chi connectivity index (χ2v) is 6.09. The van der Waals surface area contributed by atoms with Crippen LogP contribution in [-0.4, -0.2) is 34.6 Å². The van der Waals surface area contributed by atoms with Gasteiger partial charge in [-0.1, -0.05) is 16.8 Å². The SMILES string of the molecule is CCn1cc(C2=NO[C@H](C(=O)Nc3cc(Cl)ccc3OC)C2)c(C)n1. The topological polar surface area (TPSA) is 77.7 Å². The summed E-state index contributed by atoms with van der Waals surface area (Å²) in [6, 6.07) is 5.01. The molecule has 8 heteroatoms. The van der Waals surface area contributed by atoms with Crippen LogP contribution in [0.2, 0.25) is 5.02 Å². The lowest BCUT2D eigenvalue weighted by atomic mass is 10.1. The van der Waals surface area contributed by atoms with Crippen molar-refractivity contribution in [2.24, 2.45) is 5.16 Å². The van der Waals surface area contributed by atoms with E-state index in [1.54, 1.807) is 18.2 Å². The van der Waals surface area contributed by atoms with Crippen LogP contribution in [0.4, 0.5) is 5.69 Å². The Kier molecular flexibility index (Phi) is 4.94. The summed E-state index contributed by atoms with van der Waals surface area (Å²) < 4.78 is 7.06. The van der Waals surface area contributed by atoms with Gasteiger partial charge in [-0.05, 0) is 32.0 Å². The number of hydrogen-bond donors (Lipinski definition) is 1. The van der Waals surface area contributed by atoms with E-state index in [9.17, 15) is 4.79 Å². The largest absolute Gasteiger partial charge is 0.495 e. The number of hydrogen-bond acceptors (Lipinski definition) is 5. The van der Waals surface area contributed by atoms with E-state index in [0.29, 0.717) is 22.9 Å². The molecule has 7 nitrogen and oxygen atoms in total. The Morgan fingerprint density at radius 2 is 2.32 bits per heavy atom. The van der Waals surface area contributed by atoms with Crippen LogP contribution in [-0.2, 0) is 16.2 Å². The zero-order valence-electron chi connectivity index (χ0n) is 14.2. The zero-order chi connectivity index (χ0) is 18.0. The molecule has 1 aromatic carbocycles. The number of amides is 1. The highest BCUT2D eigenvalue weighted by atomic mass is 35.5. The van der Waals surface area contributed by atoms with Crippen LogP contribution in [0.5, 0.6) is 5.75 Å². The second-order valence-electron chi connectivity index (χ2n) is 5.65. The van der Waals surface area contributed by atoms with Crippen LogP contribution in [0, 0.1) is 6.92 Å². The Morgan fingerprint density at radius 3 is 3.00 bits per heavy atom. The summed E-state index contributed by atoms with van der Waals surface area (Å²) in [5, 5.41) is 11.7. The molecule has 0 spiro atoms. The van der Waals surface area contributed by atoms with Crippen molar-refractivity contribution in [3.05, 3.63) is 40.7 Å². The molecule has 1 N–H and O–H groups in total. The molecule has 0 saturated heterocycles. The summed E-state index contributed by atoms with van der Waals surface area (Å²) in [4.78, 5) is 17.8. The lowest BCUT2D eigenvalue weighted by Crippen LogP contribution is -2.28. The Hall–Kier alpha value is -2.54. The fourth-order valence-electron chi connectivity index (χ4n) is 2.63. The molecule has 2 heterocycles. The molecular formula is C17H19ClN4O3. The highest BCUT2D eigenvalue weighted by Gasteiger charge is 2.30. The number of halogens is 1. The predicted molar refractivity (Wildman–Crippen MR) is 95.3 cm³/mol. The molecule has 0 aliphatic carbocycles. The van der Waals surface area contributed by atoms with Gasteiger partial charge >= 0.3 is 0 Å². The fraction of sp³-hybridized carbons (Fsp3) is 0.353. The molecule has 0 unspecified atom stereocenters.